The number of aromatic nitrogens is 4. The quantitative estimate of drug-likeness (QED) is 0.0391. The molecule has 4 aliphatic rings. The van der Waals surface area contributed by atoms with Crippen molar-refractivity contribution in [1.82, 2.24) is 19.9 Å². The number of rotatable bonds is 12. The molecule has 4 aliphatic carbocycles. The van der Waals surface area contributed by atoms with E-state index in [4.69, 9.17) is 56.8 Å². The average Bonchev–Trinajstić information content (AvgIpc) is 1.06. The number of aryl methyl sites for hydroxylation is 8. The Morgan fingerprint density at radius 1 is 0.294 bits per heavy atom. The molecule has 4 heterocycles. The molecular formula is C110H124Ir4N4O8-4. The molecule has 16 rings (SSSR count). The van der Waals surface area contributed by atoms with Crippen LogP contribution in [-0.2, 0) is 99.6 Å². The Morgan fingerprint density at radius 2 is 0.492 bits per heavy atom. The Hall–Kier alpha value is -9.16. The van der Waals surface area contributed by atoms with Crippen LogP contribution in [0.5, 0.6) is 0 Å². The van der Waals surface area contributed by atoms with E-state index in [1.54, 1.807) is 24.3 Å². The van der Waals surface area contributed by atoms with E-state index >= 15 is 0 Å². The number of ketones is 4. The van der Waals surface area contributed by atoms with Gasteiger partial charge in [-0.3, -0.25) is 39.1 Å². The van der Waals surface area contributed by atoms with E-state index in [2.05, 4.69) is 103 Å². The number of hydrogen-bond donors (Lipinski definition) is 4. The largest absolute Gasteiger partial charge is 0.512 e. The fourth-order valence-corrected chi connectivity index (χ4v) is 16.3. The van der Waals surface area contributed by atoms with Gasteiger partial charge in [0.05, 0.1) is 45.1 Å². The van der Waals surface area contributed by atoms with Crippen molar-refractivity contribution in [2.75, 3.05) is 0 Å². The Bertz CT molecular complexity index is 6140. The summed E-state index contributed by atoms with van der Waals surface area (Å²) in [6.45, 7) is 10.4. The van der Waals surface area contributed by atoms with Gasteiger partial charge in [-0.1, -0.05) is 216 Å². The normalized spacial score (nSPS) is 16.0. The third-order valence-electron chi connectivity index (χ3n) is 21.5. The first kappa shape index (κ1) is 88.8. The van der Waals surface area contributed by atoms with Gasteiger partial charge in [0.2, 0.25) is 0 Å². The molecule has 4 saturated carbocycles. The van der Waals surface area contributed by atoms with Crippen LogP contribution in [0, 0.1) is 79.4 Å². The van der Waals surface area contributed by atoms with Gasteiger partial charge in [0.15, 0.2) is 23.1 Å². The predicted octanol–water partition coefficient (Wildman–Crippen LogP) is 28.8. The summed E-state index contributed by atoms with van der Waals surface area (Å²) in [4.78, 5) is 59.4. The van der Waals surface area contributed by atoms with Crippen LogP contribution in [0.4, 0.5) is 0 Å². The summed E-state index contributed by atoms with van der Waals surface area (Å²) in [6, 6.07) is 68.7. The molecule has 16 heteroatoms. The molecule has 4 aromatic heterocycles. The summed E-state index contributed by atoms with van der Waals surface area (Å²) in [6.07, 6.45) is 27.9. The minimum Gasteiger partial charge on any atom is -0.512 e. The van der Waals surface area contributed by atoms with Gasteiger partial charge in [-0.15, -0.1) is 140 Å². The molecule has 4 N–H and O–H groups in total. The molecule has 0 amide bonds. The number of hydrogen-bond acceptors (Lipinski definition) is 12. The Labute approximate surface area is 820 Å². The minimum absolute atomic E-state index is 0. The number of carbonyl (C=O) groups is 4. The maximum absolute atomic E-state index is 10.0. The van der Waals surface area contributed by atoms with E-state index in [0.29, 0.717) is 23.7 Å². The van der Waals surface area contributed by atoms with Gasteiger partial charge < -0.3 is 20.4 Å². The molecule has 126 heavy (non-hydrogen) atoms. The number of allylic oxidation sites excluding steroid dienone is 8. The smallest absolute Gasteiger partial charge is 0.155 e. The van der Waals surface area contributed by atoms with Crippen LogP contribution in [0.3, 0.4) is 0 Å². The topological polar surface area (TPSA) is 201 Å². The number of fused-ring (bicyclic) bond motifs is 4. The van der Waals surface area contributed by atoms with Gasteiger partial charge in [0.1, 0.15) is 0 Å². The van der Waals surface area contributed by atoms with E-state index in [1.165, 1.54) is 239 Å². The molecule has 0 atom stereocenters. The van der Waals surface area contributed by atoms with Crippen molar-refractivity contribution in [1.29, 1.82) is 0 Å². The first-order valence-corrected chi connectivity index (χ1v) is 42.5. The molecule has 0 saturated heterocycles. The number of pyridine rings is 4. The Balaban J connectivity index is 0.000000294. The fraction of sp³-hybridized carbons (Fsp3) is 0.345. The summed E-state index contributed by atoms with van der Waals surface area (Å²) >= 11 is 0. The first-order chi connectivity index (χ1) is 63.2. The summed E-state index contributed by atoms with van der Waals surface area (Å²) < 4.78 is 92.1. The molecule has 0 aliphatic heterocycles. The zero-order valence-corrected chi connectivity index (χ0v) is 83.6. The molecule has 0 bridgehead atoms. The van der Waals surface area contributed by atoms with Gasteiger partial charge >= 0.3 is 0 Å². The molecular weight excluding hydrogens is 2270 g/mol. The van der Waals surface area contributed by atoms with E-state index < -0.39 is 27.4 Å². The predicted molar refractivity (Wildman–Crippen MR) is 504 cm³/mol. The zero-order valence-electron chi connectivity index (χ0n) is 86.1. The van der Waals surface area contributed by atoms with E-state index in [0.717, 1.165) is 89.4 Å². The number of aliphatic hydroxyl groups is 4. The fourth-order valence-electron chi connectivity index (χ4n) is 16.3. The van der Waals surface area contributed by atoms with Crippen LogP contribution in [0.25, 0.3) is 88.6 Å². The number of aliphatic hydroxyl groups excluding tert-OH is 4. The van der Waals surface area contributed by atoms with Crippen LogP contribution >= 0.6 is 0 Å². The van der Waals surface area contributed by atoms with Crippen molar-refractivity contribution < 1.29 is 136 Å². The number of benzene rings is 8. The summed E-state index contributed by atoms with van der Waals surface area (Å²) in [7, 11) is 0. The second kappa shape index (κ2) is 53.6. The molecule has 4 radical (unpaired) electrons. The van der Waals surface area contributed by atoms with Gasteiger partial charge in [-0.2, -0.15) is 0 Å². The van der Waals surface area contributed by atoms with E-state index in [9.17, 15) is 19.2 Å². The van der Waals surface area contributed by atoms with Gasteiger partial charge in [0.25, 0.3) is 0 Å². The van der Waals surface area contributed by atoms with Crippen LogP contribution < -0.4 is 0 Å². The van der Waals surface area contributed by atoms with Crippen molar-refractivity contribution in [2.45, 2.75) is 250 Å². The van der Waals surface area contributed by atoms with Crippen molar-refractivity contribution in [2.24, 2.45) is 0 Å². The maximum Gasteiger partial charge on any atom is 0.155 e. The van der Waals surface area contributed by atoms with Crippen LogP contribution in [0.1, 0.15) is 278 Å². The van der Waals surface area contributed by atoms with Gasteiger partial charge in [-0.05, 0) is 200 Å². The number of nitrogens with zero attached hydrogens (tertiary/aromatic N) is 4. The third-order valence-corrected chi connectivity index (χ3v) is 21.5. The van der Waals surface area contributed by atoms with Crippen LogP contribution in [0.15, 0.2) is 217 Å². The van der Waals surface area contributed by atoms with Gasteiger partial charge in [0, 0.05) is 143 Å². The van der Waals surface area contributed by atoms with E-state index in [-0.39, 0.29) is 149 Å². The summed E-state index contributed by atoms with van der Waals surface area (Å²) in [5.41, 5.74) is 20.2. The minimum atomic E-state index is -2.16. The average molecular weight is 2410 g/mol. The van der Waals surface area contributed by atoms with Crippen LogP contribution in [-0.4, -0.2) is 63.5 Å². The summed E-state index contributed by atoms with van der Waals surface area (Å²) in [5.74, 6) is 2.29. The van der Waals surface area contributed by atoms with E-state index in [1.807, 2.05) is 94.4 Å². The van der Waals surface area contributed by atoms with Crippen molar-refractivity contribution in [3.8, 4) is 45.0 Å². The molecule has 12 nitrogen and oxygen atoms in total. The second-order valence-electron chi connectivity index (χ2n) is 32.6. The molecule has 12 aromatic rings. The molecule has 8 aromatic carbocycles. The maximum atomic E-state index is 10.0. The molecule has 672 valence electrons. The van der Waals surface area contributed by atoms with Crippen molar-refractivity contribution >= 4 is 66.7 Å². The number of carbonyl (C=O) groups excluding carboxylic acids is 4. The van der Waals surface area contributed by atoms with Crippen molar-refractivity contribution in [3.05, 3.63) is 308 Å². The third kappa shape index (κ3) is 34.1. The second-order valence-corrected chi connectivity index (χ2v) is 32.6. The SMILES string of the molecule is CC(=O)C=C(C)O.CC(=O)C=C(C)O.CC(=O)C=C(C)O.CC(=O)C=C(C)O.[2H]C([2H])([2H])c1[c-]c(-c2ccc3c(C4CCC4)cccc3n2)cc(C)c1.[2H]C([2H])([2H])c1[c-]c(-c2ccc3c(C4CCCC4)cccc3n2)cc(C)c1.[2H]C([2H])([2H])c1[c-]c(-c2ccc3c(C4CCCCC4)cccc3n2)cc(C)c1.[2H]C([2H])([2H])c1[c-]c(-c2ccc3c(C4CCCCCC4)cccc3n2)cc(C)c1.[Ir].[Ir].[Ir].[Ir]. The Kier molecular flexibility index (Phi) is 37.8. The first-order valence-electron chi connectivity index (χ1n) is 48.5. The van der Waals surface area contributed by atoms with Crippen LogP contribution in [0.2, 0.25) is 0 Å². The molecule has 0 unspecified atom stereocenters. The summed E-state index contributed by atoms with van der Waals surface area (Å²) in [5, 5.41) is 38.3. The van der Waals surface area contributed by atoms with Crippen molar-refractivity contribution in [3.63, 3.8) is 0 Å². The zero-order chi connectivity index (χ0) is 98.1. The van der Waals surface area contributed by atoms with Gasteiger partial charge in [-0.25, -0.2) is 0 Å². The molecule has 0 spiro atoms. The molecule has 4 fully saturated rings. The monoisotopic (exact) mass is 2410 g/mol. The Morgan fingerprint density at radius 3 is 0.667 bits per heavy atom. The standard InChI is InChI=1S/C24H26N.C23H24N.C22H22N.C21H20N.4C5H8O2.4Ir/c1-17-14-18(2)16-20(15-17)23-13-12-22-21(10-7-11-24(22)25-23)19-8-5-3-4-6-9-19;1-16-13-17(2)15-19(14-16)22-12-11-21-20(9-6-10-23(21)24-22)18-7-4-3-5-8-18;1-15-12-16(2)14-18(13-15)21-11-10-20-19(17-6-3-4-7-17)8-5-9-22(20)23-21;1-14-11-15(2)13-17(12-14)20-10-9-19-18(16-5-3-6-16)7-4-8-21(19)22-20;4*1-4(6)3-5(2)7;;;;/h7,10-15,19H,3-6,8-9H2,1-2H3;6,9-14,18H,3-5,7-8H2,1-2H3;5,8-13,17H,3-4,6-7H2,1-2H3;4,7-12,16H,3,5-6H2,1-2H3;4*3,6H,1-2H3;;;;/q4*-1;;;;;;;;/i4*2D3;;;;;;;;.